The smallest absolute Gasteiger partial charge is 0.274 e. The molecule has 0 radical (unpaired) electrons. The molecule has 4 rings (SSSR count). The summed E-state index contributed by atoms with van der Waals surface area (Å²) in [6, 6.07) is 5.32. The maximum atomic E-state index is 12.6. The highest BCUT2D eigenvalue weighted by Crippen LogP contribution is 2.20. The van der Waals surface area contributed by atoms with Crippen LogP contribution in [0.4, 0.5) is 0 Å². The molecule has 0 fully saturated rings. The lowest BCUT2D eigenvalue weighted by atomic mass is 10.2. The summed E-state index contributed by atoms with van der Waals surface area (Å²) in [7, 11) is 0. The first-order chi connectivity index (χ1) is 11.3. The molecule has 1 amide bonds. The summed E-state index contributed by atoms with van der Waals surface area (Å²) in [6.45, 7) is 3.84. The van der Waals surface area contributed by atoms with E-state index in [4.69, 9.17) is 4.42 Å². The van der Waals surface area contributed by atoms with Gasteiger partial charge in [-0.25, -0.2) is 0 Å². The number of aryl methyl sites for hydroxylation is 1. The molecule has 3 aromatic rings. The van der Waals surface area contributed by atoms with Gasteiger partial charge in [-0.05, 0) is 12.1 Å². The van der Waals surface area contributed by atoms with Crippen LogP contribution in [0.25, 0.3) is 11.5 Å². The molecule has 1 aliphatic rings. The molecule has 0 bridgehead atoms. The van der Waals surface area contributed by atoms with Crippen molar-refractivity contribution in [3.8, 4) is 11.5 Å². The topological polar surface area (TPSA) is 92.8 Å². The van der Waals surface area contributed by atoms with Crippen molar-refractivity contribution in [1.82, 2.24) is 29.9 Å². The van der Waals surface area contributed by atoms with Crippen LogP contribution in [0, 0.1) is 0 Å². The van der Waals surface area contributed by atoms with E-state index in [0.29, 0.717) is 36.8 Å². The standard InChI is InChI=1S/C15H16N6O2/c1-2-13-18-19-14-9-20(5-6-21(13)14)15(22)11-8-10(16-17-11)12-4-3-7-23-12/h3-4,7-8H,2,5-6,9H2,1H3,(H,16,17). The number of amides is 1. The van der Waals surface area contributed by atoms with E-state index in [1.807, 2.05) is 6.07 Å². The molecule has 0 spiro atoms. The molecular weight excluding hydrogens is 296 g/mol. The van der Waals surface area contributed by atoms with Crippen molar-refractivity contribution in [2.24, 2.45) is 0 Å². The number of nitrogens with one attached hydrogen (secondary N) is 1. The van der Waals surface area contributed by atoms with Gasteiger partial charge in [-0.15, -0.1) is 10.2 Å². The van der Waals surface area contributed by atoms with Gasteiger partial charge in [0, 0.05) is 25.6 Å². The lowest BCUT2D eigenvalue weighted by Gasteiger charge is -2.27. The number of fused-ring (bicyclic) bond motifs is 1. The van der Waals surface area contributed by atoms with Gasteiger partial charge >= 0.3 is 0 Å². The molecule has 8 nitrogen and oxygen atoms in total. The zero-order valence-corrected chi connectivity index (χ0v) is 12.7. The van der Waals surface area contributed by atoms with Gasteiger partial charge in [-0.1, -0.05) is 6.92 Å². The third kappa shape index (κ3) is 2.32. The van der Waals surface area contributed by atoms with Crippen LogP contribution in [-0.4, -0.2) is 42.3 Å². The third-order valence-electron chi connectivity index (χ3n) is 4.02. The molecule has 0 unspecified atom stereocenters. The van der Waals surface area contributed by atoms with E-state index in [1.165, 1.54) is 0 Å². The fourth-order valence-corrected chi connectivity index (χ4v) is 2.80. The molecule has 23 heavy (non-hydrogen) atoms. The number of hydrogen-bond donors (Lipinski definition) is 1. The second-order valence-corrected chi connectivity index (χ2v) is 5.41. The maximum Gasteiger partial charge on any atom is 0.274 e. The molecule has 0 atom stereocenters. The number of aromatic nitrogens is 5. The van der Waals surface area contributed by atoms with Crippen molar-refractivity contribution >= 4 is 5.91 Å². The zero-order chi connectivity index (χ0) is 15.8. The van der Waals surface area contributed by atoms with Gasteiger partial charge in [0.2, 0.25) is 0 Å². The van der Waals surface area contributed by atoms with E-state index < -0.39 is 0 Å². The highest BCUT2D eigenvalue weighted by atomic mass is 16.3. The molecule has 4 heterocycles. The van der Waals surface area contributed by atoms with Gasteiger partial charge in [0.25, 0.3) is 5.91 Å². The molecule has 0 saturated carbocycles. The second-order valence-electron chi connectivity index (χ2n) is 5.41. The lowest BCUT2D eigenvalue weighted by Crippen LogP contribution is -2.39. The summed E-state index contributed by atoms with van der Waals surface area (Å²) >= 11 is 0. The van der Waals surface area contributed by atoms with Gasteiger partial charge < -0.3 is 13.9 Å². The predicted molar refractivity (Wildman–Crippen MR) is 80.4 cm³/mol. The Labute approximate surface area is 132 Å². The van der Waals surface area contributed by atoms with E-state index in [9.17, 15) is 4.79 Å². The van der Waals surface area contributed by atoms with Gasteiger partial charge in [0.1, 0.15) is 11.5 Å². The average molecular weight is 312 g/mol. The molecule has 118 valence electrons. The monoisotopic (exact) mass is 312 g/mol. The van der Waals surface area contributed by atoms with Gasteiger partial charge in [-0.3, -0.25) is 9.89 Å². The summed E-state index contributed by atoms with van der Waals surface area (Å²) in [6.07, 6.45) is 2.42. The fraction of sp³-hybridized carbons (Fsp3) is 0.333. The molecule has 1 aliphatic heterocycles. The van der Waals surface area contributed by atoms with Crippen molar-refractivity contribution in [2.45, 2.75) is 26.4 Å². The van der Waals surface area contributed by atoms with Crippen LogP contribution in [0.3, 0.4) is 0 Å². The number of nitrogens with zero attached hydrogens (tertiary/aromatic N) is 5. The number of hydrogen-bond acceptors (Lipinski definition) is 5. The van der Waals surface area contributed by atoms with Crippen LogP contribution in [-0.2, 0) is 19.5 Å². The number of carbonyl (C=O) groups is 1. The van der Waals surface area contributed by atoms with Crippen molar-refractivity contribution in [3.05, 3.63) is 41.8 Å². The molecule has 3 aromatic heterocycles. The fourth-order valence-electron chi connectivity index (χ4n) is 2.80. The van der Waals surface area contributed by atoms with Crippen molar-refractivity contribution in [3.63, 3.8) is 0 Å². The Morgan fingerprint density at radius 2 is 2.30 bits per heavy atom. The first-order valence-corrected chi connectivity index (χ1v) is 7.55. The Morgan fingerprint density at radius 3 is 3.09 bits per heavy atom. The zero-order valence-electron chi connectivity index (χ0n) is 12.7. The van der Waals surface area contributed by atoms with Crippen LogP contribution in [0.5, 0.6) is 0 Å². The number of rotatable bonds is 3. The largest absolute Gasteiger partial charge is 0.463 e. The van der Waals surface area contributed by atoms with E-state index in [1.54, 1.807) is 23.3 Å². The van der Waals surface area contributed by atoms with E-state index in [2.05, 4.69) is 31.9 Å². The summed E-state index contributed by atoms with van der Waals surface area (Å²) in [5.41, 5.74) is 1.06. The minimum absolute atomic E-state index is 0.119. The summed E-state index contributed by atoms with van der Waals surface area (Å²) in [4.78, 5) is 14.4. The Balaban J connectivity index is 1.54. The number of H-pyrrole nitrogens is 1. The molecule has 0 saturated heterocycles. The molecule has 0 aliphatic carbocycles. The van der Waals surface area contributed by atoms with Crippen LogP contribution in [0.15, 0.2) is 28.9 Å². The van der Waals surface area contributed by atoms with Crippen LogP contribution in [0.2, 0.25) is 0 Å². The van der Waals surface area contributed by atoms with Crippen LogP contribution >= 0.6 is 0 Å². The quantitative estimate of drug-likeness (QED) is 0.790. The normalized spacial score (nSPS) is 14.0. The Hall–Kier alpha value is -2.90. The Bertz CT molecular complexity index is 832. The highest BCUT2D eigenvalue weighted by molar-refractivity contribution is 5.93. The lowest BCUT2D eigenvalue weighted by molar-refractivity contribution is 0.0700. The SMILES string of the molecule is CCc1nnc2n1CCN(C(=O)c1cc(-c3ccco3)[nH]n1)C2. The van der Waals surface area contributed by atoms with Crippen LogP contribution < -0.4 is 0 Å². The van der Waals surface area contributed by atoms with Crippen molar-refractivity contribution in [2.75, 3.05) is 6.54 Å². The van der Waals surface area contributed by atoms with E-state index >= 15 is 0 Å². The van der Waals surface area contributed by atoms with Gasteiger partial charge in [0.15, 0.2) is 17.3 Å². The van der Waals surface area contributed by atoms with Gasteiger partial charge in [-0.2, -0.15) is 5.10 Å². The minimum Gasteiger partial charge on any atom is -0.463 e. The first-order valence-electron chi connectivity index (χ1n) is 7.55. The van der Waals surface area contributed by atoms with Crippen molar-refractivity contribution in [1.29, 1.82) is 0 Å². The van der Waals surface area contributed by atoms with E-state index in [-0.39, 0.29) is 5.91 Å². The highest BCUT2D eigenvalue weighted by Gasteiger charge is 2.26. The van der Waals surface area contributed by atoms with E-state index in [0.717, 1.165) is 18.1 Å². The third-order valence-corrected chi connectivity index (χ3v) is 4.02. The van der Waals surface area contributed by atoms with Crippen LogP contribution in [0.1, 0.15) is 29.1 Å². The number of furan rings is 1. The molecule has 8 heteroatoms. The molecule has 0 aromatic carbocycles. The second kappa shape index (κ2) is 5.38. The van der Waals surface area contributed by atoms with Gasteiger partial charge in [0.05, 0.1) is 12.8 Å². The predicted octanol–water partition coefficient (Wildman–Crippen LogP) is 1.48. The summed E-state index contributed by atoms with van der Waals surface area (Å²) in [5, 5.41) is 15.3. The molecule has 1 N–H and O–H groups in total. The first kappa shape index (κ1) is 13.7. The number of carbonyl (C=O) groups excluding carboxylic acids is 1. The Kier molecular flexibility index (Phi) is 3.22. The summed E-state index contributed by atoms with van der Waals surface area (Å²) in [5.74, 6) is 2.32. The Morgan fingerprint density at radius 1 is 1.39 bits per heavy atom. The average Bonchev–Trinajstić information content (AvgIpc) is 3.31. The maximum absolute atomic E-state index is 12.6. The molecular formula is C15H16N6O2. The van der Waals surface area contributed by atoms with Crippen molar-refractivity contribution < 1.29 is 9.21 Å². The minimum atomic E-state index is -0.119. The number of aromatic amines is 1. The summed E-state index contributed by atoms with van der Waals surface area (Å²) < 4.78 is 7.39.